The van der Waals surface area contributed by atoms with E-state index in [1.807, 2.05) is 0 Å². The molecule has 2 rings (SSSR count). The van der Waals surface area contributed by atoms with Crippen LogP contribution in [0.2, 0.25) is 0 Å². The smallest absolute Gasteiger partial charge is 0.00820 e. The van der Waals surface area contributed by atoms with Crippen LogP contribution in [-0.2, 0) is 6.42 Å². The maximum atomic E-state index is 3.86. The van der Waals surface area contributed by atoms with E-state index in [0.717, 1.165) is 17.9 Å². The molecular formula is C17H29NS. The summed E-state index contributed by atoms with van der Waals surface area (Å²) in [5, 5.41) is 8.32. The van der Waals surface area contributed by atoms with Gasteiger partial charge in [0.2, 0.25) is 0 Å². The molecule has 0 bridgehead atoms. The molecule has 1 nitrogen and oxygen atoms in total. The van der Waals surface area contributed by atoms with Crippen molar-refractivity contribution in [3.8, 4) is 0 Å². The second-order valence-electron chi connectivity index (χ2n) is 6.61. The average molecular weight is 279 g/mol. The third kappa shape index (κ3) is 4.92. The molecule has 0 aromatic carbocycles. The van der Waals surface area contributed by atoms with Gasteiger partial charge in [-0.3, -0.25) is 0 Å². The maximum Gasteiger partial charge on any atom is 0.00820 e. The van der Waals surface area contributed by atoms with Gasteiger partial charge in [0.05, 0.1) is 0 Å². The largest absolute Gasteiger partial charge is 0.311 e. The lowest BCUT2D eigenvalue weighted by Gasteiger charge is -2.22. The molecule has 1 heterocycles. The van der Waals surface area contributed by atoms with Crippen LogP contribution in [0.1, 0.15) is 58.4 Å². The SMILES string of the molecule is CC(Cc1ccsc1)NC1CCCC(C(C)C)CC1. The van der Waals surface area contributed by atoms with Crippen molar-refractivity contribution in [1.82, 2.24) is 5.32 Å². The molecule has 1 aromatic rings. The lowest BCUT2D eigenvalue weighted by atomic mass is 9.89. The third-order valence-corrected chi connectivity index (χ3v) is 5.33. The van der Waals surface area contributed by atoms with Crippen LogP contribution in [-0.4, -0.2) is 12.1 Å². The molecule has 108 valence electrons. The molecule has 1 fully saturated rings. The second-order valence-corrected chi connectivity index (χ2v) is 7.39. The van der Waals surface area contributed by atoms with Gasteiger partial charge in [0.15, 0.2) is 0 Å². The van der Waals surface area contributed by atoms with E-state index >= 15 is 0 Å². The van der Waals surface area contributed by atoms with Crippen molar-refractivity contribution in [3.05, 3.63) is 22.4 Å². The van der Waals surface area contributed by atoms with Gasteiger partial charge in [-0.25, -0.2) is 0 Å². The number of hydrogen-bond donors (Lipinski definition) is 1. The highest BCUT2D eigenvalue weighted by atomic mass is 32.1. The van der Waals surface area contributed by atoms with Crippen molar-refractivity contribution in [2.24, 2.45) is 11.8 Å². The fourth-order valence-electron chi connectivity index (χ4n) is 3.39. The molecule has 1 N–H and O–H groups in total. The molecule has 19 heavy (non-hydrogen) atoms. The minimum absolute atomic E-state index is 0.607. The highest BCUT2D eigenvalue weighted by Gasteiger charge is 2.21. The van der Waals surface area contributed by atoms with Gasteiger partial charge >= 0.3 is 0 Å². The van der Waals surface area contributed by atoms with Crippen LogP contribution in [0.5, 0.6) is 0 Å². The van der Waals surface area contributed by atoms with Crippen molar-refractivity contribution in [2.75, 3.05) is 0 Å². The van der Waals surface area contributed by atoms with Crippen LogP contribution >= 0.6 is 11.3 Å². The van der Waals surface area contributed by atoms with Gasteiger partial charge < -0.3 is 5.32 Å². The zero-order valence-electron chi connectivity index (χ0n) is 12.7. The summed E-state index contributed by atoms with van der Waals surface area (Å²) >= 11 is 1.81. The monoisotopic (exact) mass is 279 g/mol. The normalized spacial score (nSPS) is 26.3. The van der Waals surface area contributed by atoms with E-state index in [0.29, 0.717) is 6.04 Å². The molecule has 0 aliphatic heterocycles. The molecule has 3 unspecified atom stereocenters. The third-order valence-electron chi connectivity index (χ3n) is 4.60. The Morgan fingerprint density at radius 1 is 1.21 bits per heavy atom. The Hall–Kier alpha value is -0.340. The Labute approximate surface area is 122 Å². The average Bonchev–Trinajstić information content (AvgIpc) is 2.73. The van der Waals surface area contributed by atoms with Gasteiger partial charge in [-0.05, 0) is 66.8 Å². The Morgan fingerprint density at radius 3 is 2.74 bits per heavy atom. The predicted molar refractivity (Wildman–Crippen MR) is 85.8 cm³/mol. The number of thiophene rings is 1. The van der Waals surface area contributed by atoms with E-state index in [2.05, 4.69) is 42.9 Å². The van der Waals surface area contributed by atoms with E-state index in [1.54, 1.807) is 11.3 Å². The first-order valence-electron chi connectivity index (χ1n) is 7.92. The van der Waals surface area contributed by atoms with Crippen molar-refractivity contribution in [2.45, 2.75) is 71.4 Å². The zero-order chi connectivity index (χ0) is 13.7. The zero-order valence-corrected chi connectivity index (χ0v) is 13.5. The van der Waals surface area contributed by atoms with Gasteiger partial charge in [0.25, 0.3) is 0 Å². The van der Waals surface area contributed by atoms with Gasteiger partial charge in [-0.1, -0.05) is 26.7 Å². The molecule has 0 saturated heterocycles. The van der Waals surface area contributed by atoms with E-state index in [-0.39, 0.29) is 0 Å². The van der Waals surface area contributed by atoms with Crippen LogP contribution in [0.15, 0.2) is 16.8 Å². The van der Waals surface area contributed by atoms with Crippen LogP contribution < -0.4 is 5.32 Å². The number of hydrogen-bond acceptors (Lipinski definition) is 2. The van der Waals surface area contributed by atoms with Gasteiger partial charge in [0.1, 0.15) is 0 Å². The molecule has 0 amide bonds. The summed E-state index contributed by atoms with van der Waals surface area (Å²) in [4.78, 5) is 0. The van der Waals surface area contributed by atoms with E-state index in [9.17, 15) is 0 Å². The van der Waals surface area contributed by atoms with Crippen molar-refractivity contribution in [1.29, 1.82) is 0 Å². The minimum atomic E-state index is 0.607. The fraction of sp³-hybridized carbons (Fsp3) is 0.765. The summed E-state index contributed by atoms with van der Waals surface area (Å²) in [7, 11) is 0. The van der Waals surface area contributed by atoms with E-state index in [4.69, 9.17) is 0 Å². The van der Waals surface area contributed by atoms with E-state index in [1.165, 1.54) is 44.1 Å². The van der Waals surface area contributed by atoms with Gasteiger partial charge in [-0.2, -0.15) is 11.3 Å². The summed E-state index contributed by atoms with van der Waals surface area (Å²) < 4.78 is 0. The first-order chi connectivity index (χ1) is 9.15. The van der Waals surface area contributed by atoms with Crippen LogP contribution in [0, 0.1) is 11.8 Å². The molecular weight excluding hydrogens is 250 g/mol. The highest BCUT2D eigenvalue weighted by molar-refractivity contribution is 7.07. The van der Waals surface area contributed by atoms with Gasteiger partial charge in [0, 0.05) is 12.1 Å². The summed E-state index contributed by atoms with van der Waals surface area (Å²) in [5.74, 6) is 1.82. The van der Waals surface area contributed by atoms with Crippen LogP contribution in [0.25, 0.3) is 0 Å². The van der Waals surface area contributed by atoms with Gasteiger partial charge in [-0.15, -0.1) is 0 Å². The van der Waals surface area contributed by atoms with E-state index < -0.39 is 0 Å². The quantitative estimate of drug-likeness (QED) is 0.758. The molecule has 0 radical (unpaired) electrons. The van der Waals surface area contributed by atoms with Crippen LogP contribution in [0.4, 0.5) is 0 Å². The standard InChI is InChI=1S/C17H29NS/c1-13(2)16-5-4-6-17(8-7-16)18-14(3)11-15-9-10-19-12-15/h9-10,12-14,16-18H,4-8,11H2,1-3H3. The lowest BCUT2D eigenvalue weighted by molar-refractivity contribution is 0.334. The topological polar surface area (TPSA) is 12.0 Å². The molecule has 2 heteroatoms. The summed E-state index contributed by atoms with van der Waals surface area (Å²) in [6.07, 6.45) is 8.18. The Morgan fingerprint density at radius 2 is 2.05 bits per heavy atom. The predicted octanol–water partition coefficient (Wildman–Crippen LogP) is 4.87. The van der Waals surface area contributed by atoms with Crippen molar-refractivity contribution in [3.63, 3.8) is 0 Å². The summed E-state index contributed by atoms with van der Waals surface area (Å²) in [5.41, 5.74) is 1.48. The number of nitrogens with one attached hydrogen (secondary N) is 1. The second kappa shape index (κ2) is 7.44. The molecule has 1 saturated carbocycles. The Bertz CT molecular complexity index is 344. The van der Waals surface area contributed by atoms with Crippen molar-refractivity contribution >= 4 is 11.3 Å². The highest BCUT2D eigenvalue weighted by Crippen LogP contribution is 2.29. The Kier molecular flexibility index (Phi) is 5.90. The molecule has 1 aliphatic carbocycles. The van der Waals surface area contributed by atoms with Crippen LogP contribution in [0.3, 0.4) is 0 Å². The summed E-state index contributed by atoms with van der Waals surface area (Å²) in [6, 6.07) is 3.61. The maximum absolute atomic E-state index is 3.86. The molecule has 0 spiro atoms. The lowest BCUT2D eigenvalue weighted by Crippen LogP contribution is -2.37. The first kappa shape index (κ1) is 15.1. The first-order valence-corrected chi connectivity index (χ1v) is 8.86. The fourth-order valence-corrected chi connectivity index (χ4v) is 4.07. The molecule has 1 aromatic heterocycles. The minimum Gasteiger partial charge on any atom is -0.311 e. The molecule has 1 aliphatic rings. The molecule has 3 atom stereocenters. The Balaban J connectivity index is 1.76. The number of rotatable bonds is 5. The summed E-state index contributed by atoms with van der Waals surface area (Å²) in [6.45, 7) is 7.11. The van der Waals surface area contributed by atoms with Crippen molar-refractivity contribution < 1.29 is 0 Å².